The van der Waals surface area contributed by atoms with E-state index < -0.39 is 0 Å². The molecule has 0 radical (unpaired) electrons. The highest BCUT2D eigenvalue weighted by Crippen LogP contribution is 2.20. The number of amides is 2. The molecule has 7 heteroatoms. The molecule has 0 aliphatic carbocycles. The third kappa shape index (κ3) is 4.66. The normalized spacial score (nSPS) is 10.3. The maximum absolute atomic E-state index is 12.1. The number of anilines is 1. The molecule has 3 aromatic rings. The monoisotopic (exact) mass is 362 g/mol. The van der Waals surface area contributed by atoms with Crippen molar-refractivity contribution < 1.29 is 14.7 Å². The Labute approximate surface area is 156 Å². The van der Waals surface area contributed by atoms with Gasteiger partial charge in [-0.15, -0.1) is 0 Å². The molecule has 0 bridgehead atoms. The highest BCUT2D eigenvalue weighted by molar-refractivity contribution is 6.00. The Morgan fingerprint density at radius 1 is 1.04 bits per heavy atom. The number of hydrogen-bond donors (Lipinski definition) is 3. The molecule has 0 unspecified atom stereocenters. The summed E-state index contributed by atoms with van der Waals surface area (Å²) >= 11 is 0. The number of phenols is 1. The van der Waals surface area contributed by atoms with Gasteiger partial charge >= 0.3 is 0 Å². The molecule has 27 heavy (non-hydrogen) atoms. The van der Waals surface area contributed by atoms with Gasteiger partial charge in [0.25, 0.3) is 5.91 Å². The molecule has 7 nitrogen and oxygen atoms in total. The predicted molar refractivity (Wildman–Crippen MR) is 101 cm³/mol. The largest absolute Gasteiger partial charge is 0.508 e. The summed E-state index contributed by atoms with van der Waals surface area (Å²) in [5.41, 5.74) is 2.45. The average Bonchev–Trinajstić information content (AvgIpc) is 2.67. The summed E-state index contributed by atoms with van der Waals surface area (Å²) in [6.45, 7) is 1.67. The van der Waals surface area contributed by atoms with Crippen LogP contribution in [0.25, 0.3) is 11.4 Å². The third-order valence-electron chi connectivity index (χ3n) is 3.84. The topological polar surface area (TPSA) is 104 Å². The van der Waals surface area contributed by atoms with Crippen LogP contribution in [0.15, 0.2) is 60.9 Å². The van der Waals surface area contributed by atoms with Crippen LogP contribution in [0.2, 0.25) is 0 Å². The van der Waals surface area contributed by atoms with Crippen LogP contribution in [-0.2, 0) is 4.79 Å². The molecule has 0 spiro atoms. The molecule has 0 fully saturated rings. The minimum Gasteiger partial charge on any atom is -0.508 e. The fraction of sp³-hybridized carbons (Fsp3) is 0.100. The molecule has 2 aromatic carbocycles. The molecule has 1 aromatic heterocycles. The van der Waals surface area contributed by atoms with Gasteiger partial charge < -0.3 is 15.7 Å². The summed E-state index contributed by atoms with van der Waals surface area (Å²) in [6.07, 6.45) is 2.93. The van der Waals surface area contributed by atoms with Crippen LogP contribution in [0, 0.1) is 6.92 Å². The van der Waals surface area contributed by atoms with Crippen LogP contribution in [0.4, 0.5) is 5.69 Å². The van der Waals surface area contributed by atoms with Crippen molar-refractivity contribution in [1.82, 2.24) is 15.3 Å². The van der Waals surface area contributed by atoms with Crippen molar-refractivity contribution in [3.63, 3.8) is 0 Å². The number of nitrogens with one attached hydrogen (secondary N) is 2. The van der Waals surface area contributed by atoms with Gasteiger partial charge in [0.15, 0.2) is 5.82 Å². The fourth-order valence-electron chi connectivity index (χ4n) is 2.48. The summed E-state index contributed by atoms with van der Waals surface area (Å²) < 4.78 is 0. The first-order chi connectivity index (χ1) is 13.0. The molecule has 0 atom stereocenters. The number of benzene rings is 2. The van der Waals surface area contributed by atoms with E-state index in [1.54, 1.807) is 36.4 Å². The molecule has 3 rings (SSSR count). The van der Waals surface area contributed by atoms with E-state index in [0.717, 1.165) is 5.56 Å². The van der Waals surface area contributed by atoms with Crippen molar-refractivity contribution in [1.29, 1.82) is 0 Å². The van der Waals surface area contributed by atoms with Gasteiger partial charge in [0.05, 0.1) is 24.6 Å². The lowest BCUT2D eigenvalue weighted by Gasteiger charge is -2.08. The summed E-state index contributed by atoms with van der Waals surface area (Å²) in [4.78, 5) is 32.5. The minimum atomic E-state index is -0.384. The second kappa shape index (κ2) is 8.09. The summed E-state index contributed by atoms with van der Waals surface area (Å²) in [5.74, 6) is -0.140. The second-order valence-corrected chi connectivity index (χ2v) is 5.89. The van der Waals surface area contributed by atoms with Gasteiger partial charge in [0.2, 0.25) is 5.91 Å². The molecule has 3 N–H and O–H groups in total. The highest BCUT2D eigenvalue weighted by atomic mass is 16.3. The Balaban J connectivity index is 1.56. The lowest BCUT2D eigenvalue weighted by atomic mass is 10.1. The number of rotatable bonds is 5. The maximum atomic E-state index is 12.1. The number of hydrogen-bond acceptors (Lipinski definition) is 5. The molecule has 0 saturated carbocycles. The number of carbonyl (C=O) groups excluding carboxylic acids is 2. The van der Waals surface area contributed by atoms with E-state index in [4.69, 9.17) is 0 Å². The van der Waals surface area contributed by atoms with Crippen molar-refractivity contribution in [2.24, 2.45) is 0 Å². The Kier molecular flexibility index (Phi) is 5.41. The van der Waals surface area contributed by atoms with E-state index in [1.165, 1.54) is 12.4 Å². The van der Waals surface area contributed by atoms with Gasteiger partial charge in [-0.3, -0.25) is 9.59 Å². The number of aromatic nitrogens is 2. The van der Waals surface area contributed by atoms with Crippen LogP contribution >= 0.6 is 0 Å². The number of aromatic hydroxyl groups is 1. The van der Waals surface area contributed by atoms with Crippen molar-refractivity contribution >= 4 is 17.5 Å². The number of aryl methyl sites for hydroxylation is 1. The molecule has 0 saturated heterocycles. The molecule has 0 aliphatic heterocycles. The van der Waals surface area contributed by atoms with Gasteiger partial charge in [-0.25, -0.2) is 9.97 Å². The maximum Gasteiger partial charge on any atom is 0.251 e. The first-order valence-electron chi connectivity index (χ1n) is 8.28. The predicted octanol–water partition coefficient (Wildman–Crippen LogP) is 2.53. The van der Waals surface area contributed by atoms with Gasteiger partial charge in [0, 0.05) is 11.1 Å². The van der Waals surface area contributed by atoms with Crippen molar-refractivity contribution in [3.8, 4) is 17.1 Å². The zero-order valence-corrected chi connectivity index (χ0v) is 14.6. The van der Waals surface area contributed by atoms with Gasteiger partial charge in [-0.2, -0.15) is 0 Å². The molecule has 0 aliphatic rings. The van der Waals surface area contributed by atoms with Crippen LogP contribution < -0.4 is 10.6 Å². The number of phenolic OH excluding ortho intramolecular Hbond substituents is 1. The minimum absolute atomic E-state index is 0.123. The van der Waals surface area contributed by atoms with E-state index in [-0.39, 0.29) is 24.1 Å². The van der Waals surface area contributed by atoms with Crippen molar-refractivity contribution in [2.45, 2.75) is 6.92 Å². The van der Waals surface area contributed by atoms with Crippen LogP contribution in [-0.4, -0.2) is 33.4 Å². The highest BCUT2D eigenvalue weighted by Gasteiger charge is 2.10. The van der Waals surface area contributed by atoms with E-state index in [1.807, 2.05) is 19.1 Å². The molecular formula is C20H18N4O3. The fourth-order valence-corrected chi connectivity index (χ4v) is 2.48. The smallest absolute Gasteiger partial charge is 0.251 e. The summed E-state index contributed by atoms with van der Waals surface area (Å²) in [5, 5.41) is 14.7. The van der Waals surface area contributed by atoms with Crippen molar-refractivity contribution in [2.75, 3.05) is 11.9 Å². The first kappa shape index (κ1) is 18.1. The SMILES string of the molecule is Cc1ccccc1C(=O)NCC(=O)Nc1cnc(-c2cccc(O)c2)nc1. The van der Waals surface area contributed by atoms with E-state index >= 15 is 0 Å². The molecule has 2 amide bonds. The number of carbonyl (C=O) groups is 2. The van der Waals surface area contributed by atoms with Gasteiger partial charge in [-0.05, 0) is 30.7 Å². The lowest BCUT2D eigenvalue weighted by Crippen LogP contribution is -2.33. The third-order valence-corrected chi connectivity index (χ3v) is 3.84. The van der Waals surface area contributed by atoms with Crippen molar-refractivity contribution in [3.05, 3.63) is 72.1 Å². The zero-order valence-electron chi connectivity index (χ0n) is 14.6. The van der Waals surface area contributed by atoms with Crippen LogP contribution in [0.5, 0.6) is 5.75 Å². The second-order valence-electron chi connectivity index (χ2n) is 5.89. The van der Waals surface area contributed by atoms with E-state index in [9.17, 15) is 14.7 Å². The quantitative estimate of drug-likeness (QED) is 0.647. The number of nitrogens with zero attached hydrogens (tertiary/aromatic N) is 2. The van der Waals surface area contributed by atoms with E-state index in [2.05, 4.69) is 20.6 Å². The van der Waals surface area contributed by atoms with Gasteiger partial charge in [-0.1, -0.05) is 30.3 Å². The lowest BCUT2D eigenvalue weighted by molar-refractivity contribution is -0.115. The summed E-state index contributed by atoms with van der Waals surface area (Å²) in [7, 11) is 0. The molecular weight excluding hydrogens is 344 g/mol. The Morgan fingerprint density at radius 3 is 2.48 bits per heavy atom. The Hall–Kier alpha value is -3.74. The Morgan fingerprint density at radius 2 is 1.78 bits per heavy atom. The average molecular weight is 362 g/mol. The van der Waals surface area contributed by atoms with Crippen LogP contribution in [0.3, 0.4) is 0 Å². The molecule has 1 heterocycles. The first-order valence-corrected chi connectivity index (χ1v) is 8.28. The summed E-state index contributed by atoms with van der Waals surface area (Å²) in [6, 6.07) is 13.7. The molecule has 136 valence electrons. The zero-order chi connectivity index (χ0) is 19.2. The van der Waals surface area contributed by atoms with Gasteiger partial charge in [0.1, 0.15) is 5.75 Å². The standard InChI is InChI=1S/C20H18N4O3/c1-13-5-2-3-8-17(13)20(27)23-12-18(26)24-15-10-21-19(22-11-15)14-6-4-7-16(25)9-14/h2-11,25H,12H2,1H3,(H,23,27)(H,24,26). The Bertz CT molecular complexity index is 971. The van der Waals surface area contributed by atoms with E-state index in [0.29, 0.717) is 22.6 Å². The van der Waals surface area contributed by atoms with Crippen LogP contribution in [0.1, 0.15) is 15.9 Å².